The Hall–Kier alpha value is -2.62. The van der Waals surface area contributed by atoms with Crippen LogP contribution in [0.1, 0.15) is 20.3 Å². The van der Waals surface area contributed by atoms with Gasteiger partial charge in [0.25, 0.3) is 0 Å². The first-order valence-electron chi connectivity index (χ1n) is 8.54. The number of likely N-dealkylation sites (tertiary alicyclic amines) is 1. The van der Waals surface area contributed by atoms with Gasteiger partial charge in [-0.05, 0) is 22.8 Å². The Kier molecular flexibility index (Phi) is 3.29. The van der Waals surface area contributed by atoms with E-state index in [1.54, 1.807) is 6.33 Å². The van der Waals surface area contributed by atoms with E-state index in [0.717, 1.165) is 36.5 Å². The molecule has 3 atom stereocenters. The molecule has 2 aromatic heterocycles. The van der Waals surface area contributed by atoms with Crippen LogP contribution in [0.25, 0.3) is 11.0 Å². The summed E-state index contributed by atoms with van der Waals surface area (Å²) in [6.07, 6.45) is 3.44. The lowest BCUT2D eigenvalue weighted by Gasteiger charge is -2.26. The Morgan fingerprint density at radius 3 is 2.84 bits per heavy atom. The molecule has 2 aromatic rings. The van der Waals surface area contributed by atoms with E-state index in [2.05, 4.69) is 40.7 Å². The first-order valence-corrected chi connectivity index (χ1v) is 8.54. The molecule has 2 fully saturated rings. The van der Waals surface area contributed by atoms with Gasteiger partial charge in [0.05, 0.1) is 11.5 Å². The van der Waals surface area contributed by atoms with E-state index in [9.17, 15) is 4.79 Å². The van der Waals surface area contributed by atoms with Crippen molar-refractivity contribution in [3.63, 3.8) is 0 Å². The van der Waals surface area contributed by atoms with Gasteiger partial charge in [-0.25, -0.2) is 9.97 Å². The topological polar surface area (TPSA) is 88.9 Å². The van der Waals surface area contributed by atoms with Crippen LogP contribution in [0.3, 0.4) is 0 Å². The number of aromatic nitrogens is 3. The molecule has 1 unspecified atom stereocenters. The number of H-pyrrole nitrogens is 1. The maximum Gasteiger partial charge on any atom is 0.236 e. The van der Waals surface area contributed by atoms with Crippen LogP contribution in [0.15, 0.2) is 18.6 Å². The molecule has 1 aliphatic heterocycles. The highest BCUT2D eigenvalue weighted by Crippen LogP contribution is 2.72. The summed E-state index contributed by atoms with van der Waals surface area (Å²) in [5.74, 6) is 1.38. The van der Waals surface area contributed by atoms with E-state index in [-0.39, 0.29) is 23.2 Å². The Labute approximate surface area is 146 Å². The molecule has 7 nitrogen and oxygen atoms in total. The van der Waals surface area contributed by atoms with Crippen LogP contribution in [-0.2, 0) is 4.79 Å². The highest BCUT2D eigenvalue weighted by Gasteiger charge is 2.75. The molecule has 0 aromatic carbocycles. The minimum atomic E-state index is -0.0471. The number of hydrogen-bond donors (Lipinski definition) is 1. The monoisotopic (exact) mass is 338 g/mol. The molecule has 0 bridgehead atoms. The molecule has 1 saturated carbocycles. The van der Waals surface area contributed by atoms with Gasteiger partial charge < -0.3 is 14.8 Å². The van der Waals surface area contributed by atoms with Crippen LogP contribution >= 0.6 is 0 Å². The van der Waals surface area contributed by atoms with E-state index in [1.807, 2.05) is 23.2 Å². The number of aromatic amines is 1. The summed E-state index contributed by atoms with van der Waals surface area (Å²) in [6, 6.07) is 3.96. The summed E-state index contributed by atoms with van der Waals surface area (Å²) in [7, 11) is 2.06. The standard InChI is InChI=1S/C18H22N6O/c1-17-9-24(14(25)4-6-19)10-18(17,2)13(17)8-23(3)16-12-5-7-20-15(12)21-11-22-16/h5,7,11,13H,4,8-10H2,1-3H3,(H,20,21,22)/t13?,17-,18+. The molecule has 1 N–H and O–H groups in total. The normalized spacial score (nSPS) is 30.2. The fourth-order valence-electron chi connectivity index (χ4n) is 4.79. The maximum atomic E-state index is 12.0. The zero-order chi connectivity index (χ0) is 17.8. The second-order valence-electron chi connectivity index (χ2n) is 7.79. The Morgan fingerprint density at radius 1 is 1.44 bits per heavy atom. The second-order valence-corrected chi connectivity index (χ2v) is 7.79. The number of nitrogens with zero attached hydrogens (tertiary/aromatic N) is 5. The SMILES string of the molecule is CN(CC1[C@]2(C)CN(C(=O)CC#N)C[C@]12C)c1ncnc2[nH]ccc12. The maximum absolute atomic E-state index is 12.0. The van der Waals surface area contributed by atoms with E-state index >= 15 is 0 Å². The summed E-state index contributed by atoms with van der Waals surface area (Å²) in [5, 5.41) is 9.77. The molecular weight excluding hydrogens is 316 g/mol. The summed E-state index contributed by atoms with van der Waals surface area (Å²) in [6.45, 7) is 6.90. The van der Waals surface area contributed by atoms with Crippen molar-refractivity contribution in [2.45, 2.75) is 20.3 Å². The summed E-state index contributed by atoms with van der Waals surface area (Å²) in [5.41, 5.74) is 1.06. The highest BCUT2D eigenvalue weighted by molar-refractivity contribution is 5.87. The first kappa shape index (κ1) is 15.9. The summed E-state index contributed by atoms with van der Waals surface area (Å²) >= 11 is 0. The van der Waals surface area contributed by atoms with Crippen LogP contribution in [0.4, 0.5) is 5.82 Å². The van der Waals surface area contributed by atoms with E-state index in [4.69, 9.17) is 5.26 Å². The first-order chi connectivity index (χ1) is 11.9. The molecule has 1 amide bonds. The van der Waals surface area contributed by atoms with E-state index in [1.165, 1.54) is 0 Å². The third kappa shape index (κ3) is 2.13. The number of anilines is 1. The van der Waals surface area contributed by atoms with Gasteiger partial charge in [-0.2, -0.15) is 5.26 Å². The molecule has 7 heteroatoms. The number of amides is 1. The number of nitrogens with one attached hydrogen (secondary N) is 1. The van der Waals surface area contributed by atoms with Gasteiger partial charge in [0, 0.05) is 32.9 Å². The Balaban J connectivity index is 1.50. The van der Waals surface area contributed by atoms with Gasteiger partial charge in [-0.3, -0.25) is 4.79 Å². The molecule has 1 aliphatic carbocycles. The summed E-state index contributed by atoms with van der Waals surface area (Å²) in [4.78, 5) is 27.9. The second kappa shape index (κ2) is 5.19. The number of piperidine rings is 1. The number of rotatable bonds is 4. The Bertz CT molecular complexity index is 867. The lowest BCUT2D eigenvalue weighted by Crippen LogP contribution is -2.36. The lowest BCUT2D eigenvalue weighted by atomic mass is 10.0. The van der Waals surface area contributed by atoms with Crippen LogP contribution < -0.4 is 4.90 Å². The van der Waals surface area contributed by atoms with Gasteiger partial charge in [0.1, 0.15) is 24.2 Å². The summed E-state index contributed by atoms with van der Waals surface area (Å²) < 4.78 is 0. The largest absolute Gasteiger partial charge is 0.359 e. The average molecular weight is 338 g/mol. The molecule has 130 valence electrons. The quantitative estimate of drug-likeness (QED) is 0.918. The van der Waals surface area contributed by atoms with Gasteiger partial charge in [-0.1, -0.05) is 13.8 Å². The number of carbonyl (C=O) groups excluding carboxylic acids is 1. The van der Waals surface area contributed by atoms with Crippen molar-refractivity contribution in [2.75, 3.05) is 31.6 Å². The van der Waals surface area contributed by atoms with Crippen molar-refractivity contribution < 1.29 is 4.79 Å². The van der Waals surface area contributed by atoms with Gasteiger partial charge in [-0.15, -0.1) is 0 Å². The minimum Gasteiger partial charge on any atom is -0.359 e. The third-order valence-corrected chi connectivity index (χ3v) is 6.53. The molecule has 4 rings (SSSR count). The third-order valence-electron chi connectivity index (χ3n) is 6.53. The van der Waals surface area contributed by atoms with Gasteiger partial charge in [0.2, 0.25) is 5.91 Å². The Morgan fingerprint density at radius 2 is 2.16 bits per heavy atom. The van der Waals surface area contributed by atoms with Crippen molar-refractivity contribution in [3.8, 4) is 6.07 Å². The number of nitriles is 1. The van der Waals surface area contributed by atoms with Crippen LogP contribution in [0, 0.1) is 28.1 Å². The smallest absolute Gasteiger partial charge is 0.236 e. The van der Waals surface area contributed by atoms with Crippen LogP contribution in [0.2, 0.25) is 0 Å². The highest BCUT2D eigenvalue weighted by atomic mass is 16.2. The average Bonchev–Trinajstić information content (AvgIpc) is 2.99. The van der Waals surface area contributed by atoms with E-state index < -0.39 is 0 Å². The van der Waals surface area contributed by atoms with Gasteiger partial charge >= 0.3 is 0 Å². The molecule has 1 saturated heterocycles. The molecule has 3 heterocycles. The molecular formula is C18H22N6O. The molecule has 0 spiro atoms. The zero-order valence-corrected chi connectivity index (χ0v) is 14.8. The van der Waals surface area contributed by atoms with Crippen LogP contribution in [-0.4, -0.2) is 52.4 Å². The fourth-order valence-corrected chi connectivity index (χ4v) is 4.79. The predicted molar refractivity (Wildman–Crippen MR) is 93.7 cm³/mol. The molecule has 0 radical (unpaired) electrons. The van der Waals surface area contributed by atoms with Crippen LogP contribution in [0.5, 0.6) is 0 Å². The number of hydrogen-bond acceptors (Lipinski definition) is 5. The zero-order valence-electron chi connectivity index (χ0n) is 14.8. The van der Waals surface area contributed by atoms with Crippen molar-refractivity contribution in [2.24, 2.45) is 16.7 Å². The molecule has 25 heavy (non-hydrogen) atoms. The van der Waals surface area contributed by atoms with Crippen molar-refractivity contribution in [1.29, 1.82) is 5.26 Å². The number of fused-ring (bicyclic) bond motifs is 2. The fraction of sp³-hybridized carbons (Fsp3) is 0.556. The number of carbonyl (C=O) groups is 1. The van der Waals surface area contributed by atoms with E-state index in [0.29, 0.717) is 5.92 Å². The van der Waals surface area contributed by atoms with Crippen molar-refractivity contribution in [1.82, 2.24) is 19.9 Å². The van der Waals surface area contributed by atoms with Crippen molar-refractivity contribution in [3.05, 3.63) is 18.6 Å². The van der Waals surface area contributed by atoms with Gasteiger partial charge in [0.15, 0.2) is 0 Å². The predicted octanol–water partition coefficient (Wildman–Crippen LogP) is 1.79. The lowest BCUT2D eigenvalue weighted by molar-refractivity contribution is -0.130. The minimum absolute atomic E-state index is 0.0247. The van der Waals surface area contributed by atoms with Crippen molar-refractivity contribution >= 4 is 22.8 Å². The molecule has 2 aliphatic rings.